The van der Waals surface area contributed by atoms with Crippen LogP contribution in [0.2, 0.25) is 0 Å². The predicted octanol–water partition coefficient (Wildman–Crippen LogP) is 4.33. The molecule has 1 unspecified atom stereocenters. The Morgan fingerprint density at radius 1 is 1.00 bits per heavy atom. The molecule has 3 aromatic carbocycles. The molecule has 35 heavy (non-hydrogen) atoms. The minimum absolute atomic E-state index is 0.301. The van der Waals surface area contributed by atoms with E-state index in [2.05, 4.69) is 10.4 Å². The first-order valence-electron chi connectivity index (χ1n) is 11.3. The number of rotatable bonds is 7. The molecule has 0 saturated heterocycles. The van der Waals surface area contributed by atoms with E-state index < -0.39 is 11.5 Å². The van der Waals surface area contributed by atoms with Gasteiger partial charge in [-0.2, -0.15) is 5.10 Å². The summed E-state index contributed by atoms with van der Waals surface area (Å²) in [6, 6.07) is 26.2. The molecule has 4 rings (SSSR count). The molecule has 1 aromatic heterocycles. The number of amides is 1. The maximum absolute atomic E-state index is 13.0. The van der Waals surface area contributed by atoms with E-state index in [-0.39, 0.29) is 5.91 Å². The third kappa shape index (κ3) is 5.24. The highest BCUT2D eigenvalue weighted by Crippen LogP contribution is 2.24. The van der Waals surface area contributed by atoms with Gasteiger partial charge in [-0.05, 0) is 49.7 Å². The smallest absolute Gasteiger partial charge is 0.331 e. The quantitative estimate of drug-likeness (QED) is 0.393. The molecule has 0 aliphatic rings. The van der Waals surface area contributed by atoms with Gasteiger partial charge in [0.15, 0.2) is 0 Å². The molecule has 1 amide bonds. The number of carbonyl (C=O) groups excluding carboxylic acids is 2. The van der Waals surface area contributed by atoms with E-state index in [1.807, 2.05) is 67.6 Å². The zero-order valence-corrected chi connectivity index (χ0v) is 20.0. The van der Waals surface area contributed by atoms with Gasteiger partial charge in [0.05, 0.1) is 18.5 Å². The number of hydrogen-bond donors (Lipinski definition) is 2. The third-order valence-electron chi connectivity index (χ3n) is 5.85. The number of aryl methyl sites for hydroxylation is 1. The summed E-state index contributed by atoms with van der Waals surface area (Å²) in [6.45, 7) is 3.69. The van der Waals surface area contributed by atoms with Crippen LogP contribution in [-0.2, 0) is 16.0 Å². The minimum atomic E-state index is -1.22. The maximum atomic E-state index is 13.0. The Morgan fingerprint density at radius 3 is 2.37 bits per heavy atom. The van der Waals surface area contributed by atoms with Gasteiger partial charge in [-0.15, -0.1) is 0 Å². The highest BCUT2D eigenvalue weighted by atomic mass is 16.5. The number of carbonyl (C=O) groups is 2. The fraction of sp³-hybridized carbons (Fsp3) is 0.179. The summed E-state index contributed by atoms with van der Waals surface area (Å²) in [5, 5.41) is 7.49. The third-order valence-corrected chi connectivity index (χ3v) is 5.85. The number of nitrogens with one attached hydrogen (secondary N) is 1. The molecule has 0 saturated carbocycles. The molecule has 0 aliphatic carbocycles. The van der Waals surface area contributed by atoms with Gasteiger partial charge in [-0.3, -0.25) is 4.79 Å². The lowest BCUT2D eigenvalue weighted by atomic mass is 9.92. The predicted molar refractivity (Wildman–Crippen MR) is 136 cm³/mol. The first-order chi connectivity index (χ1) is 16.8. The Labute approximate surface area is 204 Å². The van der Waals surface area contributed by atoms with Crippen molar-refractivity contribution in [2.75, 3.05) is 12.8 Å². The van der Waals surface area contributed by atoms with Crippen LogP contribution in [0.5, 0.6) is 0 Å². The summed E-state index contributed by atoms with van der Waals surface area (Å²) in [5.41, 5.74) is 9.92. The van der Waals surface area contributed by atoms with Crippen molar-refractivity contribution in [3.8, 4) is 16.9 Å². The van der Waals surface area contributed by atoms with Gasteiger partial charge >= 0.3 is 5.97 Å². The van der Waals surface area contributed by atoms with Crippen LogP contribution in [0.25, 0.3) is 16.9 Å². The van der Waals surface area contributed by atoms with Crippen LogP contribution in [0.3, 0.4) is 0 Å². The van der Waals surface area contributed by atoms with Gasteiger partial charge in [-0.1, -0.05) is 54.1 Å². The fourth-order valence-electron chi connectivity index (χ4n) is 4.02. The highest BCUT2D eigenvalue weighted by molar-refractivity contribution is 5.98. The van der Waals surface area contributed by atoms with E-state index in [1.54, 1.807) is 35.9 Å². The first kappa shape index (κ1) is 23.8. The zero-order chi connectivity index (χ0) is 25.0. The average molecular weight is 469 g/mol. The summed E-state index contributed by atoms with van der Waals surface area (Å²) in [4.78, 5) is 25.6. The van der Waals surface area contributed by atoms with Crippen molar-refractivity contribution in [2.24, 2.45) is 0 Å². The van der Waals surface area contributed by atoms with Crippen molar-refractivity contribution in [1.29, 1.82) is 0 Å². The standard InChI is InChI=1S/C28H28N4O3/c1-19-8-7-11-22(16-19)24-17-25(29)32(31-24)23-14-12-21(13-15-23)26(33)30-28(2,27(34)35-3)18-20-9-5-4-6-10-20/h4-17H,18,29H2,1-3H3,(H,30,33). The molecule has 0 bridgehead atoms. The molecule has 7 heteroatoms. The van der Waals surface area contributed by atoms with E-state index >= 15 is 0 Å². The Hall–Kier alpha value is -4.39. The van der Waals surface area contributed by atoms with Crippen LogP contribution >= 0.6 is 0 Å². The zero-order valence-electron chi connectivity index (χ0n) is 20.0. The monoisotopic (exact) mass is 468 g/mol. The van der Waals surface area contributed by atoms with Crippen LogP contribution in [0.1, 0.15) is 28.4 Å². The molecule has 0 aliphatic heterocycles. The number of nitrogen functional groups attached to an aromatic ring is 1. The maximum Gasteiger partial charge on any atom is 0.331 e. The molecule has 1 atom stereocenters. The number of benzene rings is 3. The van der Waals surface area contributed by atoms with Gasteiger partial charge in [0, 0.05) is 23.6 Å². The first-order valence-corrected chi connectivity index (χ1v) is 11.3. The summed E-state index contributed by atoms with van der Waals surface area (Å²) in [7, 11) is 1.31. The Bertz CT molecular complexity index is 1350. The van der Waals surface area contributed by atoms with Gasteiger partial charge in [0.25, 0.3) is 5.91 Å². The number of hydrogen-bond acceptors (Lipinski definition) is 5. The number of anilines is 1. The molecule has 4 aromatic rings. The number of aromatic nitrogens is 2. The molecule has 3 N–H and O–H groups in total. The van der Waals surface area contributed by atoms with Crippen LogP contribution in [-0.4, -0.2) is 34.3 Å². The van der Waals surface area contributed by atoms with E-state index in [1.165, 1.54) is 7.11 Å². The van der Waals surface area contributed by atoms with Crippen LogP contribution < -0.4 is 11.1 Å². The second-order valence-corrected chi connectivity index (χ2v) is 8.72. The van der Waals surface area contributed by atoms with Crippen molar-refractivity contribution >= 4 is 17.7 Å². The normalized spacial score (nSPS) is 12.5. The van der Waals surface area contributed by atoms with Gasteiger partial charge in [0.1, 0.15) is 11.4 Å². The second kappa shape index (κ2) is 9.85. The van der Waals surface area contributed by atoms with Gasteiger partial charge < -0.3 is 15.8 Å². The second-order valence-electron chi connectivity index (χ2n) is 8.72. The van der Waals surface area contributed by atoms with E-state index in [4.69, 9.17) is 10.5 Å². The summed E-state index contributed by atoms with van der Waals surface area (Å²) in [5.74, 6) is -0.409. The molecule has 7 nitrogen and oxygen atoms in total. The molecule has 0 radical (unpaired) electrons. The van der Waals surface area contributed by atoms with Crippen molar-refractivity contribution < 1.29 is 14.3 Å². The van der Waals surface area contributed by atoms with E-state index in [0.717, 1.165) is 28.1 Å². The topological polar surface area (TPSA) is 99.2 Å². The molecule has 0 spiro atoms. The van der Waals surface area contributed by atoms with Crippen molar-refractivity contribution in [3.63, 3.8) is 0 Å². The van der Waals surface area contributed by atoms with Crippen molar-refractivity contribution in [2.45, 2.75) is 25.8 Å². The molecular weight excluding hydrogens is 440 g/mol. The molecular formula is C28H28N4O3. The van der Waals surface area contributed by atoms with Crippen LogP contribution in [0, 0.1) is 6.92 Å². The van der Waals surface area contributed by atoms with Crippen molar-refractivity contribution in [3.05, 3.63) is 102 Å². The number of ether oxygens (including phenoxy) is 1. The summed E-state index contributed by atoms with van der Waals surface area (Å²) >= 11 is 0. The SMILES string of the molecule is COC(=O)C(C)(Cc1ccccc1)NC(=O)c1ccc(-n2nc(-c3cccc(C)c3)cc2N)cc1. The lowest BCUT2D eigenvalue weighted by Gasteiger charge is -2.28. The lowest BCUT2D eigenvalue weighted by Crippen LogP contribution is -2.54. The Morgan fingerprint density at radius 2 is 1.71 bits per heavy atom. The minimum Gasteiger partial charge on any atom is -0.467 e. The average Bonchev–Trinajstić information content (AvgIpc) is 3.25. The fourth-order valence-corrected chi connectivity index (χ4v) is 4.02. The lowest BCUT2D eigenvalue weighted by molar-refractivity contribution is -0.147. The Balaban J connectivity index is 1.54. The van der Waals surface area contributed by atoms with Gasteiger partial charge in [-0.25, -0.2) is 9.48 Å². The van der Waals surface area contributed by atoms with E-state index in [9.17, 15) is 9.59 Å². The van der Waals surface area contributed by atoms with Gasteiger partial charge in [0.2, 0.25) is 0 Å². The Kier molecular flexibility index (Phi) is 6.68. The van der Waals surface area contributed by atoms with Crippen molar-refractivity contribution in [1.82, 2.24) is 15.1 Å². The summed E-state index contributed by atoms with van der Waals surface area (Å²) in [6.07, 6.45) is 0.301. The van der Waals surface area contributed by atoms with Crippen LogP contribution in [0.15, 0.2) is 84.9 Å². The molecule has 0 fully saturated rings. The number of nitrogens with two attached hydrogens (primary N) is 1. The number of nitrogens with zero attached hydrogens (tertiary/aromatic N) is 2. The van der Waals surface area contributed by atoms with E-state index in [0.29, 0.717) is 17.8 Å². The molecule has 178 valence electrons. The highest BCUT2D eigenvalue weighted by Gasteiger charge is 2.36. The largest absolute Gasteiger partial charge is 0.467 e. The number of methoxy groups -OCH3 is 1. The van der Waals surface area contributed by atoms with Crippen LogP contribution in [0.4, 0.5) is 5.82 Å². The number of esters is 1. The summed E-state index contributed by atoms with van der Waals surface area (Å²) < 4.78 is 6.61. The molecule has 1 heterocycles.